The van der Waals surface area contributed by atoms with E-state index in [1.807, 2.05) is 12.1 Å². The fourth-order valence-electron chi connectivity index (χ4n) is 3.64. The molecule has 1 atom stereocenters. The normalized spacial score (nSPS) is 12.4. The Morgan fingerprint density at radius 1 is 1.24 bits per heavy atom. The number of nitrogens with one attached hydrogen (secondary N) is 1. The third-order valence-electron chi connectivity index (χ3n) is 5.20. The number of carbonyl (C=O) groups excluding carboxylic acids is 1. The number of H-pyrrole nitrogens is 1. The lowest BCUT2D eigenvalue weighted by Crippen LogP contribution is -2.83. The Balaban J connectivity index is 1.61. The van der Waals surface area contributed by atoms with E-state index in [9.17, 15) is 9.59 Å². The molecule has 0 saturated carbocycles. The van der Waals surface area contributed by atoms with Gasteiger partial charge in [-0.3, -0.25) is 4.79 Å². The van der Waals surface area contributed by atoms with Crippen LogP contribution < -0.4 is 10.9 Å². The van der Waals surface area contributed by atoms with E-state index in [1.165, 1.54) is 34.8 Å². The molecule has 4 rings (SSSR count). The van der Waals surface area contributed by atoms with E-state index in [4.69, 9.17) is 4.74 Å². The lowest BCUT2D eigenvalue weighted by Gasteiger charge is -2.13. The first-order valence-electron chi connectivity index (χ1n) is 9.41. The maximum Gasteiger partial charge on any atom is 0.348 e. The molecule has 3 N–H and O–H groups in total. The fraction of sp³-hybridized carbons (Fsp3) is 0.227. The lowest BCUT2D eigenvalue weighted by molar-refractivity contribution is -0.708. The number of esters is 1. The minimum absolute atomic E-state index is 0.192. The van der Waals surface area contributed by atoms with Gasteiger partial charge < -0.3 is 15.0 Å². The van der Waals surface area contributed by atoms with Crippen molar-refractivity contribution in [1.82, 2.24) is 9.97 Å². The summed E-state index contributed by atoms with van der Waals surface area (Å²) in [5, 5.41) is 5.05. The highest BCUT2D eigenvalue weighted by atomic mass is 32.1. The molecule has 148 valence electrons. The van der Waals surface area contributed by atoms with Crippen LogP contribution >= 0.6 is 11.3 Å². The van der Waals surface area contributed by atoms with Crippen LogP contribution in [0.4, 0.5) is 0 Å². The van der Waals surface area contributed by atoms with Crippen LogP contribution in [0.1, 0.15) is 39.6 Å². The molecule has 29 heavy (non-hydrogen) atoms. The van der Waals surface area contributed by atoms with Gasteiger partial charge in [-0.25, -0.2) is 9.78 Å². The molecule has 2 aromatic carbocycles. The number of hydrogen-bond acceptors (Lipinski definition) is 5. The molecule has 0 spiro atoms. The number of fused-ring (bicyclic) bond motifs is 2. The number of benzene rings is 2. The van der Waals surface area contributed by atoms with Gasteiger partial charge in [0.05, 0.1) is 12.5 Å². The van der Waals surface area contributed by atoms with Crippen LogP contribution in [0.15, 0.2) is 47.3 Å². The van der Waals surface area contributed by atoms with Crippen molar-refractivity contribution in [1.29, 1.82) is 0 Å². The standard InChI is InChI=1S/C22H21N3O3S/c1-12-18-20(26)24-17(25-21(18)29-19(12)22(27)28-3)11-23-13(2)15-10-6-8-14-7-4-5-9-16(14)15/h4-10,13,23H,11H2,1-3H3,(H,24,25,26)/p+1/t13-/m1/s1. The number of rotatable bonds is 5. The summed E-state index contributed by atoms with van der Waals surface area (Å²) in [6, 6.07) is 14.8. The van der Waals surface area contributed by atoms with Crippen molar-refractivity contribution in [2.75, 3.05) is 7.11 Å². The minimum atomic E-state index is -0.442. The van der Waals surface area contributed by atoms with E-state index in [0.29, 0.717) is 33.0 Å². The van der Waals surface area contributed by atoms with E-state index in [-0.39, 0.29) is 11.6 Å². The van der Waals surface area contributed by atoms with Crippen LogP contribution in [-0.2, 0) is 11.3 Å². The first-order valence-corrected chi connectivity index (χ1v) is 10.2. The molecule has 2 heterocycles. The zero-order valence-corrected chi connectivity index (χ0v) is 17.3. The number of hydrogen-bond donors (Lipinski definition) is 2. The highest BCUT2D eigenvalue weighted by molar-refractivity contribution is 7.20. The molecule has 4 aromatic rings. The third-order valence-corrected chi connectivity index (χ3v) is 6.36. The van der Waals surface area contributed by atoms with Gasteiger partial charge in [0, 0.05) is 5.56 Å². The van der Waals surface area contributed by atoms with Gasteiger partial charge in [0.2, 0.25) is 0 Å². The van der Waals surface area contributed by atoms with Crippen LogP contribution in [0, 0.1) is 6.92 Å². The average Bonchev–Trinajstić information content (AvgIpc) is 3.07. The molecular formula is C22H22N3O3S+. The van der Waals surface area contributed by atoms with Crippen molar-refractivity contribution in [3.05, 3.63) is 74.6 Å². The number of thiophene rings is 1. The first-order chi connectivity index (χ1) is 14.0. The number of aromatic nitrogens is 2. The number of aryl methyl sites for hydroxylation is 1. The number of nitrogens with two attached hydrogens (primary N) is 1. The van der Waals surface area contributed by atoms with E-state index in [1.54, 1.807) is 6.92 Å². The Kier molecular flexibility index (Phi) is 5.17. The summed E-state index contributed by atoms with van der Waals surface area (Å²) in [6.07, 6.45) is 0. The Morgan fingerprint density at radius 2 is 2.00 bits per heavy atom. The van der Waals surface area contributed by atoms with Crippen LogP contribution in [0.5, 0.6) is 0 Å². The minimum Gasteiger partial charge on any atom is -0.465 e. The maximum atomic E-state index is 12.6. The van der Waals surface area contributed by atoms with Crippen molar-refractivity contribution in [2.45, 2.75) is 26.4 Å². The summed E-state index contributed by atoms with van der Waals surface area (Å²) >= 11 is 1.20. The molecular weight excluding hydrogens is 386 g/mol. The largest absolute Gasteiger partial charge is 0.465 e. The number of ether oxygens (including phenoxy) is 1. The topological polar surface area (TPSA) is 88.7 Å². The fourth-order valence-corrected chi connectivity index (χ4v) is 4.75. The monoisotopic (exact) mass is 408 g/mol. The highest BCUT2D eigenvalue weighted by Crippen LogP contribution is 2.27. The Morgan fingerprint density at radius 3 is 2.79 bits per heavy atom. The summed E-state index contributed by atoms with van der Waals surface area (Å²) in [5.41, 5.74) is 1.64. The third kappa shape index (κ3) is 3.54. The number of nitrogens with zero attached hydrogens (tertiary/aromatic N) is 1. The summed E-state index contributed by atoms with van der Waals surface area (Å²) in [7, 11) is 1.33. The van der Waals surface area contributed by atoms with Gasteiger partial charge in [0.15, 0.2) is 5.82 Å². The zero-order chi connectivity index (χ0) is 20.5. The van der Waals surface area contributed by atoms with Crippen molar-refractivity contribution < 1.29 is 14.8 Å². The summed E-state index contributed by atoms with van der Waals surface area (Å²) in [5.74, 6) is 0.148. The van der Waals surface area contributed by atoms with E-state index in [0.717, 1.165) is 0 Å². The predicted octanol–water partition coefficient (Wildman–Crippen LogP) is 3.06. The van der Waals surface area contributed by atoms with Crippen LogP contribution in [0.2, 0.25) is 0 Å². The number of carbonyl (C=O) groups is 1. The van der Waals surface area contributed by atoms with Crippen molar-refractivity contribution >= 4 is 38.3 Å². The Bertz CT molecular complexity index is 1270. The molecule has 0 aliphatic rings. The SMILES string of the molecule is COC(=O)c1sc2nc(C[NH2+][C@H](C)c3cccc4ccccc34)[nH]c(=O)c2c1C. The molecule has 0 unspecified atom stereocenters. The maximum absolute atomic E-state index is 12.6. The van der Waals surface area contributed by atoms with Gasteiger partial charge in [-0.05, 0) is 30.2 Å². The second-order valence-electron chi connectivity index (χ2n) is 7.04. The van der Waals surface area contributed by atoms with Crippen LogP contribution in [-0.4, -0.2) is 23.0 Å². The molecule has 0 saturated heterocycles. The molecule has 2 aromatic heterocycles. The average molecular weight is 409 g/mol. The van der Waals surface area contributed by atoms with Crippen LogP contribution in [0.3, 0.4) is 0 Å². The highest BCUT2D eigenvalue weighted by Gasteiger charge is 2.20. The van der Waals surface area contributed by atoms with E-state index in [2.05, 4.69) is 52.5 Å². The van der Waals surface area contributed by atoms with Crippen molar-refractivity contribution in [2.24, 2.45) is 0 Å². The quantitative estimate of drug-likeness (QED) is 0.497. The molecule has 0 aliphatic carbocycles. The molecule has 0 amide bonds. The summed E-state index contributed by atoms with van der Waals surface area (Å²) < 4.78 is 4.81. The van der Waals surface area contributed by atoms with Gasteiger partial charge in [0.1, 0.15) is 22.3 Å². The Hall–Kier alpha value is -3.03. The molecule has 0 fully saturated rings. The van der Waals surface area contributed by atoms with Crippen molar-refractivity contribution in [3.8, 4) is 0 Å². The number of quaternary nitrogens is 1. The molecule has 0 radical (unpaired) electrons. The van der Waals surface area contributed by atoms with Gasteiger partial charge in [-0.2, -0.15) is 0 Å². The number of aromatic amines is 1. The zero-order valence-electron chi connectivity index (χ0n) is 16.5. The molecule has 0 aliphatic heterocycles. The second-order valence-corrected chi connectivity index (χ2v) is 8.04. The van der Waals surface area contributed by atoms with Gasteiger partial charge >= 0.3 is 5.97 Å². The van der Waals surface area contributed by atoms with E-state index >= 15 is 0 Å². The molecule has 7 heteroatoms. The van der Waals surface area contributed by atoms with Crippen molar-refractivity contribution in [3.63, 3.8) is 0 Å². The second kappa shape index (κ2) is 7.77. The molecule has 6 nitrogen and oxygen atoms in total. The van der Waals surface area contributed by atoms with Gasteiger partial charge in [-0.15, -0.1) is 11.3 Å². The summed E-state index contributed by atoms with van der Waals surface area (Å²) in [6.45, 7) is 4.42. The molecule has 0 bridgehead atoms. The van der Waals surface area contributed by atoms with Gasteiger partial charge in [0.25, 0.3) is 5.56 Å². The predicted molar refractivity (Wildman–Crippen MR) is 114 cm³/mol. The van der Waals surface area contributed by atoms with E-state index < -0.39 is 5.97 Å². The first kappa shape index (κ1) is 19.3. The number of methoxy groups -OCH3 is 1. The van der Waals surface area contributed by atoms with Gasteiger partial charge in [-0.1, -0.05) is 42.5 Å². The van der Waals surface area contributed by atoms with Crippen LogP contribution in [0.25, 0.3) is 21.0 Å². The summed E-state index contributed by atoms with van der Waals surface area (Å²) in [4.78, 5) is 32.9. The lowest BCUT2D eigenvalue weighted by atomic mass is 10.00. The smallest absolute Gasteiger partial charge is 0.348 e. The Labute approximate surface area is 171 Å².